The van der Waals surface area contributed by atoms with Crippen LogP contribution in [0.5, 0.6) is 0 Å². The smallest absolute Gasteiger partial charge is 0.243 e. The summed E-state index contributed by atoms with van der Waals surface area (Å²) in [7, 11) is 1.67. The summed E-state index contributed by atoms with van der Waals surface area (Å²) in [5.74, 6) is -0.157. The molecule has 0 radical (unpaired) electrons. The van der Waals surface area contributed by atoms with Crippen LogP contribution in [0.15, 0.2) is 53.4 Å². The van der Waals surface area contributed by atoms with E-state index in [-0.39, 0.29) is 5.91 Å². The van der Waals surface area contributed by atoms with Crippen molar-refractivity contribution in [1.82, 2.24) is 4.90 Å². The summed E-state index contributed by atoms with van der Waals surface area (Å²) in [5, 5.41) is 5.76. The third kappa shape index (κ3) is 4.79. The number of likely N-dealkylation sites (N-methyl/N-ethyl adjacent to an activating group) is 1. The maximum absolute atomic E-state index is 12.1. The van der Waals surface area contributed by atoms with E-state index in [0.29, 0.717) is 12.1 Å². The van der Waals surface area contributed by atoms with Crippen LogP contribution in [0.1, 0.15) is 25.8 Å². The van der Waals surface area contributed by atoms with E-state index in [2.05, 4.69) is 18.4 Å². The van der Waals surface area contributed by atoms with Gasteiger partial charge in [-0.1, -0.05) is 25.6 Å². The predicted molar refractivity (Wildman–Crippen MR) is 97.1 cm³/mol. The van der Waals surface area contributed by atoms with Crippen LogP contribution in [-0.2, 0) is 4.79 Å². The number of carbonyl (C=O) groups is 1. The molecule has 1 unspecified atom stereocenters. The molecule has 23 heavy (non-hydrogen) atoms. The van der Waals surface area contributed by atoms with Crippen LogP contribution in [0, 0.1) is 6.92 Å². The number of rotatable bonds is 7. The van der Waals surface area contributed by atoms with Crippen LogP contribution in [-0.4, -0.2) is 30.6 Å². The van der Waals surface area contributed by atoms with Gasteiger partial charge in [0.05, 0.1) is 11.7 Å². The molecule has 5 nitrogen and oxygen atoms in total. The van der Waals surface area contributed by atoms with Crippen molar-refractivity contribution >= 4 is 18.3 Å². The Bertz CT molecular complexity index is 621. The molecule has 0 aromatic heterocycles. The minimum absolute atomic E-state index is 0.157. The number of anilines is 1. The molecule has 1 atom stereocenters. The van der Waals surface area contributed by atoms with Crippen LogP contribution in [0.25, 0.3) is 0 Å². The second-order valence-electron chi connectivity index (χ2n) is 5.48. The lowest BCUT2D eigenvalue weighted by molar-refractivity contribution is -0.129. The van der Waals surface area contributed by atoms with Gasteiger partial charge in [0.2, 0.25) is 5.91 Å². The van der Waals surface area contributed by atoms with E-state index in [9.17, 15) is 4.79 Å². The summed E-state index contributed by atoms with van der Waals surface area (Å²) in [6, 6.07) is 7.42. The van der Waals surface area contributed by atoms with Crippen molar-refractivity contribution in [2.24, 2.45) is 10.8 Å². The van der Waals surface area contributed by atoms with Gasteiger partial charge in [-0.2, -0.15) is 5.10 Å². The Morgan fingerprint density at radius 2 is 2.13 bits per heavy atom. The second kappa shape index (κ2) is 8.29. The van der Waals surface area contributed by atoms with Crippen molar-refractivity contribution in [2.45, 2.75) is 33.2 Å². The third-order valence-electron chi connectivity index (χ3n) is 3.62. The largest absolute Gasteiger partial charge is 0.320 e. The predicted octanol–water partition coefficient (Wildman–Crippen LogP) is 3.03. The molecule has 0 spiro atoms. The Hall–Kier alpha value is -2.40. The van der Waals surface area contributed by atoms with Crippen LogP contribution in [0.3, 0.4) is 0 Å². The van der Waals surface area contributed by atoms with Crippen molar-refractivity contribution in [3.05, 3.63) is 53.9 Å². The first-order valence-corrected chi connectivity index (χ1v) is 7.55. The fourth-order valence-corrected chi connectivity index (χ4v) is 2.12. The van der Waals surface area contributed by atoms with Crippen molar-refractivity contribution in [3.8, 4) is 0 Å². The van der Waals surface area contributed by atoms with E-state index in [0.717, 1.165) is 16.9 Å². The van der Waals surface area contributed by atoms with Gasteiger partial charge in [0, 0.05) is 25.2 Å². The molecule has 0 bridgehead atoms. The Balaban J connectivity index is 2.98. The molecular weight excluding hydrogens is 288 g/mol. The topological polar surface area (TPSA) is 61.9 Å². The van der Waals surface area contributed by atoms with Crippen LogP contribution in [0.4, 0.5) is 5.69 Å². The first kappa shape index (κ1) is 18.6. The minimum atomic E-state index is -0.518. The summed E-state index contributed by atoms with van der Waals surface area (Å²) in [5.41, 5.74) is 9.18. The number of aryl methyl sites for hydroxylation is 1. The van der Waals surface area contributed by atoms with Crippen molar-refractivity contribution in [1.29, 1.82) is 0 Å². The number of hydrazone groups is 1. The standard InChI is InChI=1S/C18H26N4O/c1-7-17(19)18(23)21(6)14(3)12-15(4)22(20-5)16-10-8-9-13(2)11-16/h8-12,17H,3,5,7,19H2,1-2,4,6H3/b15-12+. The molecule has 1 aromatic rings. The molecule has 1 aromatic carbocycles. The van der Waals surface area contributed by atoms with Crippen molar-refractivity contribution < 1.29 is 4.79 Å². The lowest BCUT2D eigenvalue weighted by atomic mass is 10.2. The minimum Gasteiger partial charge on any atom is -0.320 e. The van der Waals surface area contributed by atoms with Crippen LogP contribution >= 0.6 is 0 Å². The van der Waals surface area contributed by atoms with E-state index in [1.807, 2.05) is 45.0 Å². The maximum Gasteiger partial charge on any atom is 0.243 e. The van der Waals surface area contributed by atoms with Gasteiger partial charge in [-0.3, -0.25) is 4.79 Å². The Morgan fingerprint density at radius 1 is 1.48 bits per heavy atom. The average molecular weight is 314 g/mol. The van der Waals surface area contributed by atoms with Gasteiger partial charge in [0.1, 0.15) is 0 Å². The molecule has 1 amide bonds. The fraction of sp³-hybridized carbons (Fsp3) is 0.333. The molecule has 0 saturated carbocycles. The van der Waals surface area contributed by atoms with Gasteiger partial charge < -0.3 is 10.6 Å². The highest BCUT2D eigenvalue weighted by Crippen LogP contribution is 2.21. The summed E-state index contributed by atoms with van der Waals surface area (Å²) in [6.07, 6.45) is 2.38. The van der Waals surface area contributed by atoms with Gasteiger partial charge in [-0.05, 0) is 44.0 Å². The molecule has 124 valence electrons. The normalized spacial score (nSPS) is 12.5. The third-order valence-corrected chi connectivity index (χ3v) is 3.62. The first-order chi connectivity index (χ1) is 10.8. The van der Waals surface area contributed by atoms with Gasteiger partial charge in [0.15, 0.2) is 0 Å². The lowest BCUT2D eigenvalue weighted by Gasteiger charge is -2.24. The maximum atomic E-state index is 12.1. The molecule has 0 aliphatic carbocycles. The molecule has 0 fully saturated rings. The Morgan fingerprint density at radius 3 is 2.65 bits per heavy atom. The molecule has 2 N–H and O–H groups in total. The van der Waals surface area contributed by atoms with Crippen LogP contribution in [0.2, 0.25) is 0 Å². The van der Waals surface area contributed by atoms with Gasteiger partial charge in [0.25, 0.3) is 0 Å². The Kier molecular flexibility index (Phi) is 6.72. The number of amides is 1. The number of carbonyl (C=O) groups excluding carboxylic acids is 1. The molecule has 0 saturated heterocycles. The zero-order valence-corrected chi connectivity index (χ0v) is 14.4. The van der Waals surface area contributed by atoms with E-state index in [1.54, 1.807) is 18.1 Å². The number of hydrogen-bond acceptors (Lipinski definition) is 4. The van der Waals surface area contributed by atoms with Gasteiger partial charge in [-0.15, -0.1) is 0 Å². The summed E-state index contributed by atoms with van der Waals surface area (Å²) < 4.78 is 0. The van der Waals surface area contributed by atoms with Crippen molar-refractivity contribution in [2.75, 3.05) is 12.1 Å². The molecule has 0 heterocycles. The zero-order chi connectivity index (χ0) is 17.6. The molecule has 1 rings (SSSR count). The van der Waals surface area contributed by atoms with E-state index < -0.39 is 6.04 Å². The monoisotopic (exact) mass is 314 g/mol. The average Bonchev–Trinajstić information content (AvgIpc) is 2.53. The number of hydrogen-bond donors (Lipinski definition) is 1. The number of benzene rings is 1. The highest BCUT2D eigenvalue weighted by Gasteiger charge is 2.18. The van der Waals surface area contributed by atoms with Crippen molar-refractivity contribution in [3.63, 3.8) is 0 Å². The summed E-state index contributed by atoms with van der Waals surface area (Å²) >= 11 is 0. The van der Waals surface area contributed by atoms with Crippen LogP contribution < -0.4 is 10.7 Å². The summed E-state index contributed by atoms with van der Waals surface area (Å²) in [6.45, 7) is 13.3. The first-order valence-electron chi connectivity index (χ1n) is 7.55. The highest BCUT2D eigenvalue weighted by atomic mass is 16.2. The SMILES string of the molecule is C=NN(/C(C)=C/C(=C)N(C)C(=O)C(N)CC)c1cccc(C)c1. The lowest BCUT2D eigenvalue weighted by Crippen LogP contribution is -2.40. The molecule has 0 aliphatic rings. The second-order valence-corrected chi connectivity index (χ2v) is 5.48. The molecule has 5 heteroatoms. The van der Waals surface area contributed by atoms with E-state index in [1.165, 1.54) is 4.90 Å². The van der Waals surface area contributed by atoms with Gasteiger partial charge in [-0.25, -0.2) is 5.01 Å². The quantitative estimate of drug-likeness (QED) is 0.478. The number of nitrogens with two attached hydrogens (primary N) is 1. The van der Waals surface area contributed by atoms with E-state index in [4.69, 9.17) is 5.73 Å². The molecule has 0 aliphatic heterocycles. The number of nitrogens with zero attached hydrogens (tertiary/aromatic N) is 3. The highest BCUT2D eigenvalue weighted by molar-refractivity contribution is 5.83. The Labute approximate surface area is 138 Å². The fourth-order valence-electron chi connectivity index (χ4n) is 2.12. The van der Waals surface area contributed by atoms with E-state index >= 15 is 0 Å². The zero-order valence-electron chi connectivity index (χ0n) is 14.4. The van der Waals surface area contributed by atoms with Gasteiger partial charge >= 0.3 is 0 Å². The molecular formula is C18H26N4O. The summed E-state index contributed by atoms with van der Waals surface area (Å²) in [4.78, 5) is 13.6. The number of allylic oxidation sites excluding steroid dienone is 2.